The molecule has 0 saturated heterocycles. The third-order valence-corrected chi connectivity index (χ3v) is 1.65. The molecule has 76 valence electrons. The Kier molecular flexibility index (Phi) is 3.79. The molecule has 0 fully saturated rings. The summed E-state index contributed by atoms with van der Waals surface area (Å²) >= 11 is 0. The second kappa shape index (κ2) is 5.11. The van der Waals surface area contributed by atoms with Gasteiger partial charge in [-0.05, 0) is 6.07 Å². The molecule has 0 aliphatic rings. The third-order valence-electron chi connectivity index (χ3n) is 1.65. The molecule has 1 heterocycles. The maximum absolute atomic E-state index is 5.12. The summed E-state index contributed by atoms with van der Waals surface area (Å²) in [4.78, 5) is 4.19. The second-order valence-electron chi connectivity index (χ2n) is 2.48. The SMILES string of the molecule is CO/C=C/c1nc(OC)ccc1OC. The number of aromatic nitrogens is 1. The zero-order valence-corrected chi connectivity index (χ0v) is 8.48. The molecule has 0 saturated carbocycles. The normalized spacial score (nSPS) is 10.2. The average molecular weight is 195 g/mol. The lowest BCUT2D eigenvalue weighted by Gasteiger charge is -2.05. The Labute approximate surface area is 83.1 Å². The van der Waals surface area contributed by atoms with Gasteiger partial charge in [0.1, 0.15) is 11.4 Å². The molecule has 0 aromatic carbocycles. The van der Waals surface area contributed by atoms with E-state index in [4.69, 9.17) is 14.2 Å². The number of rotatable bonds is 4. The monoisotopic (exact) mass is 195 g/mol. The first-order chi connectivity index (χ1) is 6.81. The van der Waals surface area contributed by atoms with Crippen LogP contribution < -0.4 is 9.47 Å². The van der Waals surface area contributed by atoms with Gasteiger partial charge in [-0.1, -0.05) is 0 Å². The number of hydrogen-bond donors (Lipinski definition) is 0. The maximum Gasteiger partial charge on any atom is 0.213 e. The van der Waals surface area contributed by atoms with Gasteiger partial charge in [0.25, 0.3) is 0 Å². The first kappa shape index (κ1) is 10.4. The van der Waals surface area contributed by atoms with Gasteiger partial charge in [-0.2, -0.15) is 0 Å². The summed E-state index contributed by atoms with van der Waals surface area (Å²) in [5, 5.41) is 0. The number of methoxy groups -OCH3 is 3. The van der Waals surface area contributed by atoms with Crippen LogP contribution in [0.15, 0.2) is 18.4 Å². The van der Waals surface area contributed by atoms with E-state index in [1.54, 1.807) is 39.5 Å². The molecule has 0 atom stereocenters. The molecule has 0 radical (unpaired) electrons. The van der Waals surface area contributed by atoms with Crippen LogP contribution in [0.5, 0.6) is 11.6 Å². The zero-order valence-electron chi connectivity index (χ0n) is 8.48. The highest BCUT2D eigenvalue weighted by atomic mass is 16.5. The fourth-order valence-corrected chi connectivity index (χ4v) is 0.982. The van der Waals surface area contributed by atoms with Crippen LogP contribution in [0.4, 0.5) is 0 Å². The number of hydrogen-bond acceptors (Lipinski definition) is 4. The van der Waals surface area contributed by atoms with Gasteiger partial charge in [-0.3, -0.25) is 0 Å². The Balaban J connectivity index is 3.02. The molecule has 0 bridgehead atoms. The van der Waals surface area contributed by atoms with Gasteiger partial charge < -0.3 is 14.2 Å². The fourth-order valence-electron chi connectivity index (χ4n) is 0.982. The molecular formula is C10H13NO3. The van der Waals surface area contributed by atoms with Crippen LogP contribution in [0.3, 0.4) is 0 Å². The van der Waals surface area contributed by atoms with Gasteiger partial charge >= 0.3 is 0 Å². The molecule has 14 heavy (non-hydrogen) atoms. The largest absolute Gasteiger partial charge is 0.504 e. The third kappa shape index (κ3) is 2.39. The van der Waals surface area contributed by atoms with E-state index >= 15 is 0 Å². The molecule has 1 aromatic heterocycles. The summed E-state index contributed by atoms with van der Waals surface area (Å²) < 4.78 is 14.9. The van der Waals surface area contributed by atoms with Gasteiger partial charge in [0.15, 0.2) is 0 Å². The van der Waals surface area contributed by atoms with Crippen LogP contribution in [-0.2, 0) is 4.74 Å². The van der Waals surface area contributed by atoms with E-state index in [1.165, 1.54) is 6.26 Å². The first-order valence-electron chi connectivity index (χ1n) is 4.10. The predicted molar refractivity (Wildman–Crippen MR) is 53.4 cm³/mol. The van der Waals surface area contributed by atoms with E-state index in [2.05, 4.69) is 4.98 Å². The van der Waals surface area contributed by atoms with Crippen molar-refractivity contribution in [1.29, 1.82) is 0 Å². The van der Waals surface area contributed by atoms with Crippen molar-refractivity contribution in [3.05, 3.63) is 24.1 Å². The number of pyridine rings is 1. The minimum absolute atomic E-state index is 0.543. The molecule has 4 heteroatoms. The molecule has 0 N–H and O–H groups in total. The van der Waals surface area contributed by atoms with Crippen molar-refractivity contribution in [2.75, 3.05) is 21.3 Å². The minimum Gasteiger partial charge on any atom is -0.504 e. The highest BCUT2D eigenvalue weighted by Gasteiger charge is 2.02. The van der Waals surface area contributed by atoms with Crippen molar-refractivity contribution in [1.82, 2.24) is 4.98 Å². The van der Waals surface area contributed by atoms with Crippen molar-refractivity contribution in [2.24, 2.45) is 0 Å². The van der Waals surface area contributed by atoms with Gasteiger partial charge in [-0.25, -0.2) is 4.98 Å². The van der Waals surface area contributed by atoms with Crippen LogP contribution in [0.1, 0.15) is 5.69 Å². The Hall–Kier alpha value is -1.71. The van der Waals surface area contributed by atoms with Crippen molar-refractivity contribution >= 4 is 6.08 Å². The predicted octanol–water partition coefficient (Wildman–Crippen LogP) is 1.72. The molecule has 0 amide bonds. The molecule has 0 aliphatic heterocycles. The highest BCUT2D eigenvalue weighted by Crippen LogP contribution is 2.20. The lowest BCUT2D eigenvalue weighted by Crippen LogP contribution is -1.93. The van der Waals surface area contributed by atoms with Gasteiger partial charge in [0, 0.05) is 12.1 Å². The molecular weight excluding hydrogens is 182 g/mol. The Morgan fingerprint density at radius 1 is 1.14 bits per heavy atom. The van der Waals surface area contributed by atoms with Crippen LogP contribution in [-0.4, -0.2) is 26.3 Å². The Bertz CT molecular complexity index is 323. The lowest BCUT2D eigenvalue weighted by atomic mass is 10.3. The first-order valence-corrected chi connectivity index (χ1v) is 4.10. The summed E-state index contributed by atoms with van der Waals surface area (Å²) in [5.41, 5.74) is 0.675. The van der Waals surface area contributed by atoms with Crippen LogP contribution >= 0.6 is 0 Å². The van der Waals surface area contributed by atoms with E-state index in [1.807, 2.05) is 0 Å². The average Bonchev–Trinajstić information content (AvgIpc) is 2.25. The minimum atomic E-state index is 0.543. The molecule has 1 rings (SSSR count). The Morgan fingerprint density at radius 3 is 2.50 bits per heavy atom. The van der Waals surface area contributed by atoms with Crippen molar-refractivity contribution in [3.63, 3.8) is 0 Å². The van der Waals surface area contributed by atoms with Gasteiger partial charge in [0.05, 0.1) is 27.6 Å². The van der Waals surface area contributed by atoms with E-state index in [9.17, 15) is 0 Å². The van der Waals surface area contributed by atoms with Crippen molar-refractivity contribution in [3.8, 4) is 11.6 Å². The molecule has 0 spiro atoms. The van der Waals surface area contributed by atoms with Crippen LogP contribution in [0, 0.1) is 0 Å². The number of ether oxygens (including phenoxy) is 3. The fraction of sp³-hybridized carbons (Fsp3) is 0.300. The number of nitrogens with zero attached hydrogens (tertiary/aromatic N) is 1. The van der Waals surface area contributed by atoms with Crippen molar-refractivity contribution in [2.45, 2.75) is 0 Å². The maximum atomic E-state index is 5.12. The summed E-state index contributed by atoms with van der Waals surface area (Å²) in [7, 11) is 4.73. The summed E-state index contributed by atoms with van der Waals surface area (Å²) in [6.07, 6.45) is 3.24. The topological polar surface area (TPSA) is 40.6 Å². The quantitative estimate of drug-likeness (QED) is 0.686. The second-order valence-corrected chi connectivity index (χ2v) is 2.48. The highest BCUT2D eigenvalue weighted by molar-refractivity contribution is 5.53. The molecule has 0 aliphatic carbocycles. The standard InChI is InChI=1S/C10H13NO3/c1-12-7-6-8-9(13-2)4-5-10(11-8)14-3/h4-7H,1-3H3/b7-6+. The lowest BCUT2D eigenvalue weighted by molar-refractivity contribution is 0.340. The van der Waals surface area contributed by atoms with E-state index in [0.29, 0.717) is 17.3 Å². The van der Waals surface area contributed by atoms with Crippen molar-refractivity contribution < 1.29 is 14.2 Å². The van der Waals surface area contributed by atoms with Crippen LogP contribution in [0.2, 0.25) is 0 Å². The summed E-state index contributed by atoms with van der Waals surface area (Å²) in [6, 6.07) is 3.53. The molecule has 4 nitrogen and oxygen atoms in total. The van der Waals surface area contributed by atoms with E-state index in [-0.39, 0.29) is 0 Å². The van der Waals surface area contributed by atoms with E-state index < -0.39 is 0 Å². The molecule has 1 aromatic rings. The Morgan fingerprint density at radius 2 is 1.93 bits per heavy atom. The van der Waals surface area contributed by atoms with Gasteiger partial charge in [-0.15, -0.1) is 0 Å². The summed E-state index contributed by atoms with van der Waals surface area (Å²) in [6.45, 7) is 0. The summed E-state index contributed by atoms with van der Waals surface area (Å²) in [5.74, 6) is 1.22. The van der Waals surface area contributed by atoms with E-state index in [0.717, 1.165) is 0 Å². The molecule has 0 unspecified atom stereocenters. The van der Waals surface area contributed by atoms with Gasteiger partial charge in [0.2, 0.25) is 5.88 Å². The van der Waals surface area contributed by atoms with Crippen LogP contribution in [0.25, 0.3) is 6.08 Å². The zero-order chi connectivity index (χ0) is 10.4. The smallest absolute Gasteiger partial charge is 0.213 e.